The number of halogens is 2. The molecule has 144 valence electrons. The third-order valence-corrected chi connectivity index (χ3v) is 6.37. The van der Waals surface area contributed by atoms with E-state index in [1.165, 1.54) is 19.2 Å². The monoisotopic (exact) mass is 517 g/mol. The topological polar surface area (TPSA) is 89.5 Å². The van der Waals surface area contributed by atoms with Crippen molar-refractivity contribution in [3.63, 3.8) is 0 Å². The van der Waals surface area contributed by atoms with Crippen LogP contribution in [0.4, 0.5) is 0 Å². The Morgan fingerprint density at radius 1 is 1.07 bits per heavy atom. The van der Waals surface area contributed by atoms with Crippen molar-refractivity contribution in [2.45, 2.75) is 17.4 Å². The highest BCUT2D eigenvalue weighted by molar-refractivity contribution is 9.11. The number of carbonyl (C=O) groups excluding carboxylic acids is 2. The Bertz CT molecular complexity index is 912. The van der Waals surface area contributed by atoms with E-state index in [-0.39, 0.29) is 17.1 Å². The summed E-state index contributed by atoms with van der Waals surface area (Å²) >= 11 is 6.58. The molecule has 0 radical (unpaired) electrons. The summed E-state index contributed by atoms with van der Waals surface area (Å²) in [6, 6.07) is 11.8. The molecular weight excluding hydrogens is 502 g/mol. The number of hydrogen-bond donors (Lipinski definition) is 1. The zero-order chi connectivity index (χ0) is 20.0. The molecule has 0 saturated heterocycles. The minimum absolute atomic E-state index is 0.106. The highest BCUT2D eigenvalue weighted by Crippen LogP contribution is 2.20. The molecule has 1 atom stereocenters. The minimum atomic E-state index is -3.59. The zero-order valence-corrected chi connectivity index (χ0v) is 18.3. The lowest BCUT2D eigenvalue weighted by molar-refractivity contribution is -0.142. The number of methoxy groups -OCH3 is 1. The first-order valence-electron chi connectivity index (χ1n) is 7.85. The van der Waals surface area contributed by atoms with Gasteiger partial charge in [0.25, 0.3) is 5.91 Å². The second-order valence-corrected chi connectivity index (χ2v) is 9.57. The van der Waals surface area contributed by atoms with Crippen molar-refractivity contribution >= 4 is 53.6 Å². The SMILES string of the molecule is COC(=O)[C@@H](CCS(=O)(=O)c1ccccc1)NC(=O)c1cc(Br)cc(Br)c1. The first kappa shape index (κ1) is 21.6. The molecule has 0 heterocycles. The fraction of sp³-hybridized carbons (Fsp3) is 0.222. The van der Waals surface area contributed by atoms with E-state index >= 15 is 0 Å². The number of benzene rings is 2. The first-order chi connectivity index (χ1) is 12.7. The molecule has 2 rings (SSSR count). The van der Waals surface area contributed by atoms with E-state index in [0.29, 0.717) is 14.5 Å². The molecule has 1 N–H and O–H groups in total. The van der Waals surface area contributed by atoms with Crippen molar-refractivity contribution in [2.75, 3.05) is 12.9 Å². The Balaban J connectivity index is 2.14. The molecule has 0 aliphatic carbocycles. The number of esters is 1. The van der Waals surface area contributed by atoms with Crippen LogP contribution in [0.1, 0.15) is 16.8 Å². The zero-order valence-electron chi connectivity index (χ0n) is 14.3. The van der Waals surface area contributed by atoms with E-state index in [0.717, 1.165) is 0 Å². The average Bonchev–Trinajstić information content (AvgIpc) is 2.64. The molecule has 2 aromatic carbocycles. The smallest absolute Gasteiger partial charge is 0.328 e. The summed E-state index contributed by atoms with van der Waals surface area (Å²) in [6.07, 6.45) is -0.106. The van der Waals surface area contributed by atoms with E-state index < -0.39 is 27.8 Å². The van der Waals surface area contributed by atoms with Crippen molar-refractivity contribution in [2.24, 2.45) is 0 Å². The predicted molar refractivity (Wildman–Crippen MR) is 108 cm³/mol. The molecule has 0 unspecified atom stereocenters. The van der Waals surface area contributed by atoms with Crippen molar-refractivity contribution in [3.05, 3.63) is 63.0 Å². The molecule has 2 aromatic rings. The third-order valence-electron chi connectivity index (χ3n) is 3.69. The van der Waals surface area contributed by atoms with E-state index in [1.54, 1.807) is 36.4 Å². The molecule has 0 aliphatic heterocycles. The van der Waals surface area contributed by atoms with Gasteiger partial charge >= 0.3 is 5.97 Å². The van der Waals surface area contributed by atoms with Gasteiger partial charge in [0, 0.05) is 14.5 Å². The Labute approximate surface area is 174 Å². The fourth-order valence-corrected chi connectivity index (χ4v) is 4.98. The van der Waals surface area contributed by atoms with Crippen molar-refractivity contribution < 1.29 is 22.7 Å². The Morgan fingerprint density at radius 3 is 2.22 bits per heavy atom. The molecule has 0 saturated carbocycles. The molecular formula is C18H17Br2NO5S. The summed E-state index contributed by atoms with van der Waals surface area (Å²) in [6.45, 7) is 0. The number of rotatable bonds is 7. The van der Waals surface area contributed by atoms with Gasteiger partial charge in [0.2, 0.25) is 0 Å². The second-order valence-electron chi connectivity index (χ2n) is 5.63. The van der Waals surface area contributed by atoms with Crippen LogP contribution in [-0.4, -0.2) is 39.2 Å². The average molecular weight is 519 g/mol. The maximum atomic E-state index is 12.5. The lowest BCUT2D eigenvalue weighted by Gasteiger charge is -2.17. The number of ether oxygens (including phenoxy) is 1. The van der Waals surface area contributed by atoms with Crippen LogP contribution in [0.25, 0.3) is 0 Å². The molecule has 27 heavy (non-hydrogen) atoms. The van der Waals surface area contributed by atoms with Crippen molar-refractivity contribution in [1.29, 1.82) is 0 Å². The van der Waals surface area contributed by atoms with E-state index in [9.17, 15) is 18.0 Å². The summed E-state index contributed by atoms with van der Waals surface area (Å²) in [5.74, 6) is -1.52. The quantitative estimate of drug-likeness (QED) is 0.568. The Hall–Kier alpha value is -1.71. The highest BCUT2D eigenvalue weighted by Gasteiger charge is 2.25. The standard InChI is InChI=1S/C18H17Br2NO5S/c1-26-18(23)16(7-8-27(24,25)15-5-3-2-4-6-15)21-17(22)12-9-13(19)11-14(20)10-12/h2-6,9-11,16H,7-8H2,1H3,(H,21,22)/t16-/m1/s1. The minimum Gasteiger partial charge on any atom is -0.467 e. The predicted octanol–water partition coefficient (Wildman–Crippen LogP) is 3.35. The van der Waals surface area contributed by atoms with Crippen LogP contribution < -0.4 is 5.32 Å². The summed E-state index contributed by atoms with van der Waals surface area (Å²) in [5.41, 5.74) is 0.316. The van der Waals surface area contributed by atoms with Gasteiger partial charge < -0.3 is 10.1 Å². The summed E-state index contributed by atoms with van der Waals surface area (Å²) in [4.78, 5) is 24.6. The van der Waals surface area contributed by atoms with Gasteiger partial charge in [-0.3, -0.25) is 4.79 Å². The van der Waals surface area contributed by atoms with Gasteiger partial charge in [0.15, 0.2) is 9.84 Å². The summed E-state index contributed by atoms with van der Waals surface area (Å²) in [5, 5.41) is 2.54. The number of carbonyl (C=O) groups is 2. The van der Waals surface area contributed by atoms with Crippen LogP contribution in [0, 0.1) is 0 Å². The largest absolute Gasteiger partial charge is 0.467 e. The summed E-state index contributed by atoms with van der Waals surface area (Å²) < 4.78 is 30.9. The van der Waals surface area contributed by atoms with E-state index in [1.807, 2.05) is 0 Å². The Morgan fingerprint density at radius 2 is 1.67 bits per heavy atom. The molecule has 0 aromatic heterocycles. The van der Waals surface area contributed by atoms with Gasteiger partial charge in [-0.1, -0.05) is 50.1 Å². The lowest BCUT2D eigenvalue weighted by atomic mass is 10.1. The maximum absolute atomic E-state index is 12.5. The van der Waals surface area contributed by atoms with Crippen LogP contribution in [-0.2, 0) is 19.4 Å². The number of amides is 1. The molecule has 0 fully saturated rings. The Kier molecular flexibility index (Phi) is 7.58. The molecule has 0 spiro atoms. The second kappa shape index (κ2) is 9.48. The van der Waals surface area contributed by atoms with Crippen molar-refractivity contribution in [1.82, 2.24) is 5.32 Å². The highest BCUT2D eigenvalue weighted by atomic mass is 79.9. The van der Waals surface area contributed by atoms with Gasteiger partial charge in [0.05, 0.1) is 17.8 Å². The van der Waals surface area contributed by atoms with E-state index in [4.69, 9.17) is 4.74 Å². The van der Waals surface area contributed by atoms with Gasteiger partial charge in [-0.2, -0.15) is 0 Å². The fourth-order valence-electron chi connectivity index (χ4n) is 2.34. The van der Waals surface area contributed by atoms with E-state index in [2.05, 4.69) is 37.2 Å². The van der Waals surface area contributed by atoms with Crippen LogP contribution in [0.3, 0.4) is 0 Å². The molecule has 9 heteroatoms. The molecule has 0 aliphatic rings. The van der Waals surface area contributed by atoms with Gasteiger partial charge in [0.1, 0.15) is 6.04 Å². The van der Waals surface area contributed by atoms with Crippen LogP contribution in [0.5, 0.6) is 0 Å². The normalized spacial score (nSPS) is 12.3. The van der Waals surface area contributed by atoms with Gasteiger partial charge in [-0.05, 0) is 36.8 Å². The van der Waals surface area contributed by atoms with Crippen molar-refractivity contribution in [3.8, 4) is 0 Å². The van der Waals surface area contributed by atoms with Gasteiger partial charge in [-0.25, -0.2) is 13.2 Å². The van der Waals surface area contributed by atoms with Crippen LogP contribution >= 0.6 is 31.9 Å². The number of nitrogens with one attached hydrogen (secondary N) is 1. The number of hydrogen-bond acceptors (Lipinski definition) is 5. The first-order valence-corrected chi connectivity index (χ1v) is 11.1. The number of sulfone groups is 1. The molecule has 6 nitrogen and oxygen atoms in total. The molecule has 1 amide bonds. The third kappa shape index (κ3) is 6.15. The van der Waals surface area contributed by atoms with Crippen LogP contribution in [0.15, 0.2) is 62.4 Å². The summed E-state index contributed by atoms with van der Waals surface area (Å²) in [7, 11) is -2.40. The lowest BCUT2D eigenvalue weighted by Crippen LogP contribution is -2.42. The van der Waals surface area contributed by atoms with Gasteiger partial charge in [-0.15, -0.1) is 0 Å². The molecule has 0 bridgehead atoms. The van der Waals surface area contributed by atoms with Crippen LogP contribution in [0.2, 0.25) is 0 Å². The maximum Gasteiger partial charge on any atom is 0.328 e.